The summed E-state index contributed by atoms with van der Waals surface area (Å²) in [6.07, 6.45) is 4.38. The van der Waals surface area contributed by atoms with Crippen molar-refractivity contribution in [1.29, 1.82) is 0 Å². The van der Waals surface area contributed by atoms with Gasteiger partial charge in [-0.05, 0) is 35.4 Å². The van der Waals surface area contributed by atoms with E-state index in [1.165, 1.54) is 6.08 Å². The largest absolute Gasteiger partial charge is 0.276 e. The van der Waals surface area contributed by atoms with Crippen molar-refractivity contribution in [2.24, 2.45) is 0 Å². The summed E-state index contributed by atoms with van der Waals surface area (Å²) >= 11 is 10.6. The summed E-state index contributed by atoms with van der Waals surface area (Å²) < 4.78 is 0. The van der Waals surface area contributed by atoms with Gasteiger partial charge in [-0.3, -0.25) is 4.79 Å². The van der Waals surface area contributed by atoms with Gasteiger partial charge in [-0.25, -0.2) is 4.98 Å². The molecular formula is C8H5Cl2NO. The van der Waals surface area contributed by atoms with Gasteiger partial charge >= 0.3 is 0 Å². The predicted octanol–water partition coefficient (Wildman–Crippen LogP) is 2.51. The topological polar surface area (TPSA) is 30.0 Å². The number of pyridine rings is 1. The van der Waals surface area contributed by atoms with E-state index in [4.69, 9.17) is 23.2 Å². The smallest absolute Gasteiger partial charge is 0.245 e. The summed E-state index contributed by atoms with van der Waals surface area (Å²) in [6, 6.07) is 3.38. The zero-order valence-corrected chi connectivity index (χ0v) is 7.51. The molecule has 0 aliphatic heterocycles. The van der Waals surface area contributed by atoms with Crippen molar-refractivity contribution in [3.63, 3.8) is 0 Å². The Bertz CT molecular complexity index is 305. The van der Waals surface area contributed by atoms with Crippen molar-refractivity contribution in [2.75, 3.05) is 0 Å². The van der Waals surface area contributed by atoms with Gasteiger partial charge in [-0.15, -0.1) is 0 Å². The lowest BCUT2D eigenvalue weighted by Crippen LogP contribution is -1.78. The Hall–Kier alpha value is -0.860. The molecule has 0 fully saturated rings. The zero-order valence-electron chi connectivity index (χ0n) is 6.00. The number of aromatic nitrogens is 1. The predicted molar refractivity (Wildman–Crippen MR) is 49.1 cm³/mol. The molecule has 0 aliphatic carbocycles. The standard InChI is InChI=1S/C8H5Cl2NO/c9-7-3-1-6(5-11-7)2-4-8(10)12/h1-5H. The number of halogens is 2. The normalized spacial score (nSPS) is 10.5. The van der Waals surface area contributed by atoms with Gasteiger partial charge < -0.3 is 0 Å². The first kappa shape index (κ1) is 9.23. The molecule has 1 rings (SSSR count). The molecule has 62 valence electrons. The van der Waals surface area contributed by atoms with Crippen LogP contribution in [0, 0.1) is 0 Å². The van der Waals surface area contributed by atoms with Crippen LogP contribution >= 0.6 is 23.2 Å². The highest BCUT2D eigenvalue weighted by atomic mass is 35.5. The fourth-order valence-corrected chi connectivity index (χ4v) is 0.822. The number of hydrogen-bond donors (Lipinski definition) is 0. The van der Waals surface area contributed by atoms with Gasteiger partial charge in [0.15, 0.2) is 0 Å². The number of allylic oxidation sites excluding steroid dienone is 1. The van der Waals surface area contributed by atoms with Crippen LogP contribution in [-0.2, 0) is 4.79 Å². The van der Waals surface area contributed by atoms with Crippen molar-refractivity contribution < 1.29 is 4.79 Å². The lowest BCUT2D eigenvalue weighted by atomic mass is 10.3. The second kappa shape index (κ2) is 4.24. The molecule has 0 spiro atoms. The maximum absolute atomic E-state index is 10.3. The third-order valence-electron chi connectivity index (χ3n) is 1.16. The van der Waals surface area contributed by atoms with Crippen LogP contribution in [0.3, 0.4) is 0 Å². The molecule has 0 saturated heterocycles. The highest BCUT2D eigenvalue weighted by Crippen LogP contribution is 2.06. The van der Waals surface area contributed by atoms with E-state index < -0.39 is 5.24 Å². The molecule has 4 heteroatoms. The monoisotopic (exact) mass is 201 g/mol. The van der Waals surface area contributed by atoms with Crippen molar-refractivity contribution in [3.05, 3.63) is 35.1 Å². The van der Waals surface area contributed by atoms with E-state index in [0.717, 1.165) is 5.56 Å². The first-order valence-electron chi connectivity index (χ1n) is 3.17. The molecule has 1 aromatic rings. The van der Waals surface area contributed by atoms with Gasteiger partial charge in [0.05, 0.1) is 0 Å². The van der Waals surface area contributed by atoms with Gasteiger partial charge in [-0.1, -0.05) is 17.7 Å². The van der Waals surface area contributed by atoms with E-state index in [2.05, 4.69) is 4.98 Å². The Balaban J connectivity index is 2.77. The van der Waals surface area contributed by atoms with Gasteiger partial charge in [0, 0.05) is 6.20 Å². The molecule has 0 aliphatic rings. The molecule has 1 aromatic heterocycles. The molecular weight excluding hydrogens is 197 g/mol. The van der Waals surface area contributed by atoms with Crippen LogP contribution in [0.4, 0.5) is 0 Å². The summed E-state index contributed by atoms with van der Waals surface area (Å²) in [5.74, 6) is 0. The van der Waals surface area contributed by atoms with E-state index in [1.807, 2.05) is 0 Å². The highest BCUT2D eigenvalue weighted by molar-refractivity contribution is 6.66. The fourth-order valence-electron chi connectivity index (χ4n) is 0.648. The number of hydrogen-bond acceptors (Lipinski definition) is 2. The Morgan fingerprint density at radius 3 is 2.75 bits per heavy atom. The lowest BCUT2D eigenvalue weighted by Gasteiger charge is -1.90. The molecule has 0 amide bonds. The minimum atomic E-state index is -0.509. The Morgan fingerprint density at radius 1 is 1.50 bits per heavy atom. The average Bonchev–Trinajstić information content (AvgIpc) is 2.03. The van der Waals surface area contributed by atoms with E-state index in [0.29, 0.717) is 5.15 Å². The first-order valence-corrected chi connectivity index (χ1v) is 3.93. The molecule has 0 N–H and O–H groups in total. The van der Waals surface area contributed by atoms with E-state index in [-0.39, 0.29) is 0 Å². The lowest BCUT2D eigenvalue weighted by molar-refractivity contribution is -0.107. The van der Waals surface area contributed by atoms with Crippen molar-refractivity contribution in [2.45, 2.75) is 0 Å². The highest BCUT2D eigenvalue weighted by Gasteiger charge is 1.90. The van der Waals surface area contributed by atoms with Crippen LogP contribution in [0.5, 0.6) is 0 Å². The van der Waals surface area contributed by atoms with Gasteiger partial charge in [-0.2, -0.15) is 0 Å². The maximum atomic E-state index is 10.3. The minimum absolute atomic E-state index is 0.421. The fraction of sp³-hybridized carbons (Fsp3) is 0. The quantitative estimate of drug-likeness (QED) is 0.419. The summed E-state index contributed by atoms with van der Waals surface area (Å²) in [5, 5.41) is -0.0886. The number of carbonyl (C=O) groups excluding carboxylic acids is 1. The molecule has 2 nitrogen and oxygen atoms in total. The van der Waals surface area contributed by atoms with Crippen LogP contribution < -0.4 is 0 Å². The summed E-state index contributed by atoms with van der Waals surface area (Å²) in [6.45, 7) is 0. The molecule has 0 radical (unpaired) electrons. The SMILES string of the molecule is O=C(Cl)C=Cc1ccc(Cl)nc1. The van der Waals surface area contributed by atoms with E-state index >= 15 is 0 Å². The first-order chi connectivity index (χ1) is 5.68. The number of nitrogens with zero attached hydrogens (tertiary/aromatic N) is 1. The van der Waals surface area contributed by atoms with Gasteiger partial charge in [0.2, 0.25) is 5.24 Å². The maximum Gasteiger partial charge on any atom is 0.245 e. The second-order valence-electron chi connectivity index (χ2n) is 2.05. The molecule has 0 atom stereocenters. The summed E-state index contributed by atoms with van der Waals surface area (Å²) in [4.78, 5) is 14.1. The zero-order chi connectivity index (χ0) is 8.97. The molecule has 0 saturated carbocycles. The van der Waals surface area contributed by atoms with Crippen LogP contribution in [0.1, 0.15) is 5.56 Å². The van der Waals surface area contributed by atoms with Crippen molar-refractivity contribution in [3.8, 4) is 0 Å². The summed E-state index contributed by atoms with van der Waals surface area (Å²) in [5.41, 5.74) is 0.786. The van der Waals surface area contributed by atoms with Gasteiger partial charge in [0.25, 0.3) is 0 Å². The summed E-state index contributed by atoms with van der Waals surface area (Å²) in [7, 11) is 0. The average molecular weight is 202 g/mol. The van der Waals surface area contributed by atoms with Gasteiger partial charge in [0.1, 0.15) is 5.15 Å². The Morgan fingerprint density at radius 2 is 2.25 bits per heavy atom. The van der Waals surface area contributed by atoms with E-state index in [9.17, 15) is 4.79 Å². The minimum Gasteiger partial charge on any atom is -0.276 e. The van der Waals surface area contributed by atoms with Crippen LogP contribution in [-0.4, -0.2) is 10.2 Å². The molecule has 0 aromatic carbocycles. The van der Waals surface area contributed by atoms with Crippen molar-refractivity contribution in [1.82, 2.24) is 4.98 Å². The molecule has 1 heterocycles. The number of rotatable bonds is 2. The van der Waals surface area contributed by atoms with Crippen LogP contribution in [0.2, 0.25) is 5.15 Å². The third kappa shape index (κ3) is 3.03. The molecule has 0 bridgehead atoms. The van der Waals surface area contributed by atoms with E-state index in [1.54, 1.807) is 24.4 Å². The third-order valence-corrected chi connectivity index (χ3v) is 1.51. The Kier molecular flexibility index (Phi) is 3.26. The van der Waals surface area contributed by atoms with Crippen LogP contribution in [0.15, 0.2) is 24.4 Å². The molecule has 12 heavy (non-hydrogen) atoms. The molecule has 0 unspecified atom stereocenters. The number of carbonyl (C=O) groups is 1. The van der Waals surface area contributed by atoms with Crippen LogP contribution in [0.25, 0.3) is 6.08 Å². The van der Waals surface area contributed by atoms with Crippen molar-refractivity contribution >= 4 is 34.5 Å². The Labute approximate surface area is 79.8 Å². The second-order valence-corrected chi connectivity index (χ2v) is 2.81.